The van der Waals surface area contributed by atoms with Gasteiger partial charge in [0.2, 0.25) is 5.91 Å². The van der Waals surface area contributed by atoms with Gasteiger partial charge in [0.25, 0.3) is 0 Å². The third-order valence-electron chi connectivity index (χ3n) is 3.42. The van der Waals surface area contributed by atoms with Crippen LogP contribution in [0.25, 0.3) is 0 Å². The van der Waals surface area contributed by atoms with Gasteiger partial charge in [0.15, 0.2) is 6.10 Å². The molecular formula is C17H22N2O2. The van der Waals surface area contributed by atoms with Gasteiger partial charge in [-0.3, -0.25) is 4.79 Å². The molecule has 1 aromatic rings. The molecule has 21 heavy (non-hydrogen) atoms. The minimum atomic E-state index is -0.0807. The van der Waals surface area contributed by atoms with Crippen molar-refractivity contribution in [3.63, 3.8) is 0 Å². The van der Waals surface area contributed by atoms with Crippen molar-refractivity contribution in [2.75, 3.05) is 13.1 Å². The molecule has 4 heteroatoms. The number of carbonyl (C=O) groups is 1. The summed E-state index contributed by atoms with van der Waals surface area (Å²) in [6.07, 6.45) is 2.39. The van der Waals surface area contributed by atoms with Gasteiger partial charge in [-0.2, -0.15) is 0 Å². The SMILES string of the molecule is C=CCN(C[C@@H]1CC(c2ccccc2)=NO1)C(=O)C(C)C. The standard InChI is InChI=1S/C17H22N2O2/c1-4-10-19(17(20)13(2)3)12-15-11-16(18-21-15)14-8-6-5-7-9-14/h4-9,13,15H,1,10-12H2,2-3H3/t15-/m0/s1. The van der Waals surface area contributed by atoms with E-state index in [4.69, 9.17) is 4.84 Å². The van der Waals surface area contributed by atoms with Crippen LogP contribution in [0.5, 0.6) is 0 Å². The Morgan fingerprint density at radius 2 is 2.19 bits per heavy atom. The number of carbonyl (C=O) groups excluding carboxylic acids is 1. The highest BCUT2D eigenvalue weighted by Crippen LogP contribution is 2.18. The van der Waals surface area contributed by atoms with Crippen LogP contribution in [0, 0.1) is 5.92 Å². The van der Waals surface area contributed by atoms with Gasteiger partial charge in [0, 0.05) is 18.9 Å². The van der Waals surface area contributed by atoms with Crippen molar-refractivity contribution in [3.05, 3.63) is 48.6 Å². The van der Waals surface area contributed by atoms with Crippen LogP contribution in [0.3, 0.4) is 0 Å². The second kappa shape index (κ2) is 7.07. The molecule has 1 aliphatic rings. The number of benzene rings is 1. The molecule has 0 saturated carbocycles. The second-order valence-corrected chi connectivity index (χ2v) is 5.52. The zero-order valence-electron chi connectivity index (χ0n) is 12.7. The van der Waals surface area contributed by atoms with Crippen LogP contribution < -0.4 is 0 Å². The average molecular weight is 286 g/mol. The fourth-order valence-electron chi connectivity index (χ4n) is 2.35. The van der Waals surface area contributed by atoms with E-state index in [0.717, 1.165) is 17.7 Å². The molecule has 0 bridgehead atoms. The maximum atomic E-state index is 12.2. The van der Waals surface area contributed by atoms with Gasteiger partial charge in [0.05, 0.1) is 12.3 Å². The van der Waals surface area contributed by atoms with Crippen LogP contribution in [0.1, 0.15) is 25.8 Å². The molecule has 2 rings (SSSR count). The Hall–Kier alpha value is -2.10. The molecule has 0 unspecified atom stereocenters. The zero-order valence-corrected chi connectivity index (χ0v) is 12.7. The summed E-state index contributed by atoms with van der Waals surface area (Å²) in [5.74, 6) is 0.0903. The molecule has 1 amide bonds. The van der Waals surface area contributed by atoms with Gasteiger partial charge in [-0.25, -0.2) is 0 Å². The van der Waals surface area contributed by atoms with Crippen LogP contribution >= 0.6 is 0 Å². The van der Waals surface area contributed by atoms with Gasteiger partial charge in [-0.15, -0.1) is 6.58 Å². The number of hydrogen-bond acceptors (Lipinski definition) is 3. The van der Waals surface area contributed by atoms with E-state index in [1.807, 2.05) is 44.2 Å². The van der Waals surface area contributed by atoms with E-state index in [9.17, 15) is 4.79 Å². The van der Waals surface area contributed by atoms with Gasteiger partial charge in [-0.05, 0) is 5.56 Å². The van der Waals surface area contributed by atoms with Crippen LogP contribution in [0.15, 0.2) is 48.1 Å². The monoisotopic (exact) mass is 286 g/mol. The fourth-order valence-corrected chi connectivity index (χ4v) is 2.35. The smallest absolute Gasteiger partial charge is 0.225 e. The molecule has 1 aliphatic heterocycles. The molecule has 1 atom stereocenters. The lowest BCUT2D eigenvalue weighted by atomic mass is 10.0. The minimum absolute atomic E-state index is 0.0270. The largest absolute Gasteiger partial charge is 0.390 e. The maximum absolute atomic E-state index is 12.2. The summed E-state index contributed by atoms with van der Waals surface area (Å²) in [6.45, 7) is 8.60. The number of nitrogens with zero attached hydrogens (tertiary/aromatic N) is 2. The fraction of sp³-hybridized carbons (Fsp3) is 0.412. The predicted molar refractivity (Wildman–Crippen MR) is 84.1 cm³/mol. The first-order valence-corrected chi connectivity index (χ1v) is 7.29. The third kappa shape index (κ3) is 3.94. The lowest BCUT2D eigenvalue weighted by Gasteiger charge is -2.25. The first-order valence-electron chi connectivity index (χ1n) is 7.29. The second-order valence-electron chi connectivity index (χ2n) is 5.52. The van der Waals surface area contributed by atoms with Crippen LogP contribution in [-0.4, -0.2) is 35.7 Å². The van der Waals surface area contributed by atoms with E-state index in [1.54, 1.807) is 11.0 Å². The van der Waals surface area contributed by atoms with Gasteiger partial charge in [-0.1, -0.05) is 55.4 Å². The summed E-state index contributed by atoms with van der Waals surface area (Å²) in [5, 5.41) is 4.16. The maximum Gasteiger partial charge on any atom is 0.225 e. The van der Waals surface area contributed by atoms with Crippen LogP contribution in [0.2, 0.25) is 0 Å². The number of amides is 1. The van der Waals surface area contributed by atoms with Gasteiger partial charge < -0.3 is 9.74 Å². The molecule has 1 aromatic carbocycles. The number of hydrogen-bond donors (Lipinski definition) is 0. The summed E-state index contributed by atoms with van der Waals surface area (Å²) in [5.41, 5.74) is 2.02. The first kappa shape index (κ1) is 15.3. The molecule has 0 aliphatic carbocycles. The van der Waals surface area contributed by atoms with Crippen molar-refractivity contribution < 1.29 is 9.63 Å². The highest BCUT2D eigenvalue weighted by atomic mass is 16.6. The molecule has 1 heterocycles. The van der Waals surface area contributed by atoms with Crippen molar-refractivity contribution in [2.24, 2.45) is 11.1 Å². The lowest BCUT2D eigenvalue weighted by Crippen LogP contribution is -2.40. The van der Waals surface area contributed by atoms with Crippen molar-refractivity contribution in [1.29, 1.82) is 0 Å². The summed E-state index contributed by atoms with van der Waals surface area (Å²) >= 11 is 0. The van der Waals surface area contributed by atoms with Crippen LogP contribution in [0.4, 0.5) is 0 Å². The quantitative estimate of drug-likeness (QED) is 0.755. The van der Waals surface area contributed by atoms with Gasteiger partial charge in [0.1, 0.15) is 0 Å². The average Bonchev–Trinajstić information content (AvgIpc) is 2.95. The summed E-state index contributed by atoms with van der Waals surface area (Å²) in [7, 11) is 0. The normalized spacial score (nSPS) is 17.3. The summed E-state index contributed by atoms with van der Waals surface area (Å²) < 4.78 is 0. The van der Waals surface area contributed by atoms with Crippen molar-refractivity contribution >= 4 is 11.6 Å². The Labute approximate surface area is 126 Å². The van der Waals surface area contributed by atoms with E-state index in [2.05, 4.69) is 11.7 Å². The lowest BCUT2D eigenvalue weighted by molar-refractivity contribution is -0.135. The van der Waals surface area contributed by atoms with Crippen molar-refractivity contribution in [3.8, 4) is 0 Å². The van der Waals surface area contributed by atoms with E-state index in [-0.39, 0.29) is 17.9 Å². The highest BCUT2D eigenvalue weighted by molar-refractivity contribution is 6.01. The molecule has 0 aromatic heterocycles. The van der Waals surface area contributed by atoms with E-state index in [1.165, 1.54) is 0 Å². The summed E-state index contributed by atoms with van der Waals surface area (Å²) in [6, 6.07) is 9.98. The van der Waals surface area contributed by atoms with Crippen molar-refractivity contribution in [2.45, 2.75) is 26.4 Å². The Balaban J connectivity index is 1.96. The molecule has 0 fully saturated rings. The number of oxime groups is 1. The topological polar surface area (TPSA) is 41.9 Å². The Bertz CT molecular complexity index is 523. The molecule has 112 valence electrons. The highest BCUT2D eigenvalue weighted by Gasteiger charge is 2.26. The van der Waals surface area contributed by atoms with Crippen molar-refractivity contribution in [1.82, 2.24) is 4.90 Å². The predicted octanol–water partition coefficient (Wildman–Crippen LogP) is 2.85. The first-order chi connectivity index (χ1) is 10.1. The van der Waals surface area contributed by atoms with Crippen LogP contribution in [-0.2, 0) is 9.63 Å². The van der Waals surface area contributed by atoms with E-state index >= 15 is 0 Å². The van der Waals surface area contributed by atoms with Gasteiger partial charge >= 0.3 is 0 Å². The third-order valence-corrected chi connectivity index (χ3v) is 3.42. The molecular weight excluding hydrogens is 264 g/mol. The Kier molecular flexibility index (Phi) is 5.14. The molecule has 0 spiro atoms. The Morgan fingerprint density at radius 1 is 1.48 bits per heavy atom. The zero-order chi connectivity index (χ0) is 15.2. The Morgan fingerprint density at radius 3 is 2.81 bits per heavy atom. The van der Waals surface area contributed by atoms with E-state index in [0.29, 0.717) is 13.1 Å². The minimum Gasteiger partial charge on any atom is -0.390 e. The molecule has 0 N–H and O–H groups in total. The molecule has 0 radical (unpaired) electrons. The van der Waals surface area contributed by atoms with E-state index < -0.39 is 0 Å². The molecule has 0 saturated heterocycles. The molecule has 4 nitrogen and oxygen atoms in total. The summed E-state index contributed by atoms with van der Waals surface area (Å²) in [4.78, 5) is 19.4. The number of rotatable bonds is 6.